The Morgan fingerprint density at radius 1 is 1.05 bits per heavy atom. The Morgan fingerprint density at radius 2 is 1.86 bits per heavy atom. The third-order valence-corrected chi connectivity index (χ3v) is 5.42. The maximum atomic E-state index is 11.2. The molecule has 0 unspecified atom stereocenters. The van der Waals surface area contributed by atoms with E-state index in [1.165, 1.54) is 0 Å². The van der Waals surface area contributed by atoms with Gasteiger partial charge in [-0.2, -0.15) is 0 Å². The van der Waals surface area contributed by atoms with Crippen LogP contribution in [0.4, 0.5) is 0 Å². The topological polar surface area (TPSA) is 47.8 Å². The van der Waals surface area contributed by atoms with Crippen molar-refractivity contribution in [3.05, 3.63) is 60.7 Å². The first-order chi connectivity index (χ1) is 10.8. The van der Waals surface area contributed by atoms with Crippen LogP contribution >= 0.6 is 0 Å². The molecular formula is C17H10N3OTl. The summed E-state index contributed by atoms with van der Waals surface area (Å²) in [5, 5.41) is 1.91. The summed E-state index contributed by atoms with van der Waals surface area (Å²) in [4.78, 5) is 19.9. The van der Waals surface area contributed by atoms with Gasteiger partial charge in [0.1, 0.15) is 0 Å². The van der Waals surface area contributed by atoms with Gasteiger partial charge in [0.15, 0.2) is 0 Å². The van der Waals surface area contributed by atoms with Gasteiger partial charge in [0, 0.05) is 0 Å². The van der Waals surface area contributed by atoms with Crippen molar-refractivity contribution in [3.8, 4) is 11.1 Å². The van der Waals surface area contributed by atoms with Crippen molar-refractivity contribution >= 4 is 54.2 Å². The Morgan fingerprint density at radius 3 is 2.68 bits per heavy atom. The van der Waals surface area contributed by atoms with Gasteiger partial charge in [-0.05, 0) is 0 Å². The fourth-order valence-corrected chi connectivity index (χ4v) is 3.85. The second-order valence-electron chi connectivity index (χ2n) is 5.08. The van der Waals surface area contributed by atoms with E-state index in [-0.39, 0.29) is 0 Å². The van der Waals surface area contributed by atoms with Crippen molar-refractivity contribution in [1.29, 1.82) is 0 Å². The molecule has 0 atom stereocenters. The van der Waals surface area contributed by atoms with E-state index in [4.69, 9.17) is 0 Å². The van der Waals surface area contributed by atoms with E-state index in [1.807, 2.05) is 30.6 Å². The monoisotopic (exact) mass is 477 g/mol. The van der Waals surface area contributed by atoms with Crippen LogP contribution in [0.5, 0.6) is 0 Å². The normalized spacial score (nSPS) is 11.0. The van der Waals surface area contributed by atoms with Crippen LogP contribution in [-0.2, 0) is 0 Å². The molecule has 102 valence electrons. The molecule has 0 aliphatic rings. The van der Waals surface area contributed by atoms with Crippen LogP contribution in [0.3, 0.4) is 0 Å². The molecule has 2 aromatic heterocycles. The SMILES string of the molecule is O=Cc1ncc(-c2ccc3c(c2)nc[n]3[Tl])c2ccccc12. The standard InChI is InChI=1S/C17H11N3O.Tl/c21-9-17-13-4-2-1-3-12(13)14(8-18-17)11-5-6-15-16(7-11)20-10-19-15;/h1-10H,(H,19,20,21);/q;+1/p-1. The summed E-state index contributed by atoms with van der Waals surface area (Å²) in [6.45, 7) is 0. The van der Waals surface area contributed by atoms with Crippen molar-refractivity contribution in [2.24, 2.45) is 0 Å². The Labute approximate surface area is 142 Å². The summed E-state index contributed by atoms with van der Waals surface area (Å²) in [7, 11) is 0. The first kappa shape index (κ1) is 13.6. The van der Waals surface area contributed by atoms with E-state index in [0.29, 0.717) is 31.8 Å². The number of pyridine rings is 1. The molecular weight excluding hydrogens is 467 g/mol. The zero-order valence-corrected chi connectivity index (χ0v) is 16.1. The van der Waals surface area contributed by atoms with E-state index in [2.05, 4.69) is 30.5 Å². The van der Waals surface area contributed by atoms with E-state index in [9.17, 15) is 4.79 Å². The Bertz CT molecular complexity index is 1020. The molecule has 0 saturated carbocycles. The number of benzene rings is 2. The second-order valence-corrected chi connectivity index (χ2v) is 7.24. The first-order valence-electron chi connectivity index (χ1n) is 6.83. The minimum atomic E-state index is 0.477. The number of aldehydes is 1. The van der Waals surface area contributed by atoms with Gasteiger partial charge in [0.05, 0.1) is 0 Å². The number of carbonyl (C=O) groups is 1. The van der Waals surface area contributed by atoms with Gasteiger partial charge in [0.2, 0.25) is 0 Å². The van der Waals surface area contributed by atoms with Crippen molar-refractivity contribution in [3.63, 3.8) is 0 Å². The quantitative estimate of drug-likeness (QED) is 0.330. The predicted octanol–water partition coefficient (Wildman–Crippen LogP) is 3.00. The molecule has 0 aliphatic carbocycles. The Kier molecular flexibility index (Phi) is 3.25. The molecule has 2 aromatic carbocycles. The molecule has 2 heterocycles. The molecule has 0 fully saturated rings. The van der Waals surface area contributed by atoms with Crippen LogP contribution in [-0.4, -0.2) is 44.7 Å². The minimum absolute atomic E-state index is 0.477. The zero-order valence-electron chi connectivity index (χ0n) is 11.6. The van der Waals surface area contributed by atoms with Gasteiger partial charge in [-0.3, -0.25) is 0 Å². The van der Waals surface area contributed by atoms with E-state index < -0.39 is 0 Å². The van der Waals surface area contributed by atoms with E-state index in [0.717, 1.165) is 39.2 Å². The number of hydrogen-bond acceptors (Lipinski definition) is 3. The number of imidazole rings is 1. The van der Waals surface area contributed by atoms with Crippen molar-refractivity contribution < 1.29 is 4.79 Å². The van der Waals surface area contributed by atoms with Crippen LogP contribution in [0.25, 0.3) is 32.9 Å². The van der Waals surface area contributed by atoms with Crippen LogP contribution in [0.15, 0.2) is 55.0 Å². The fourth-order valence-electron chi connectivity index (χ4n) is 2.74. The number of rotatable bonds is 2. The number of hydrogen-bond donors (Lipinski definition) is 0. The average molecular weight is 477 g/mol. The maximum absolute atomic E-state index is 11.2. The summed E-state index contributed by atoms with van der Waals surface area (Å²) in [5.41, 5.74) is 4.72. The van der Waals surface area contributed by atoms with Gasteiger partial charge >= 0.3 is 143 Å². The average Bonchev–Trinajstić information content (AvgIpc) is 2.94. The molecule has 4 nitrogen and oxygen atoms in total. The van der Waals surface area contributed by atoms with Crippen LogP contribution in [0, 0.1) is 0 Å². The number of fused-ring (bicyclic) bond motifs is 2. The fraction of sp³-hybridized carbons (Fsp3) is 0. The van der Waals surface area contributed by atoms with Crippen LogP contribution in [0.2, 0.25) is 0 Å². The molecule has 5 heteroatoms. The van der Waals surface area contributed by atoms with Gasteiger partial charge in [-0.15, -0.1) is 0 Å². The zero-order chi connectivity index (χ0) is 15.1. The molecule has 0 amide bonds. The van der Waals surface area contributed by atoms with Gasteiger partial charge in [0.25, 0.3) is 0 Å². The van der Waals surface area contributed by atoms with Crippen LogP contribution < -0.4 is 0 Å². The number of nitrogens with zero attached hydrogens (tertiary/aromatic N) is 3. The van der Waals surface area contributed by atoms with Gasteiger partial charge in [-0.25, -0.2) is 0 Å². The summed E-state index contributed by atoms with van der Waals surface area (Å²) in [6, 6.07) is 14.1. The van der Waals surface area contributed by atoms with Gasteiger partial charge in [-0.1, -0.05) is 0 Å². The Balaban J connectivity index is 2.01. The first-order valence-corrected chi connectivity index (χ1v) is 8.84. The molecule has 0 spiro atoms. The molecule has 4 rings (SSSR count). The summed E-state index contributed by atoms with van der Waals surface area (Å²) >= 11 is 0.704. The summed E-state index contributed by atoms with van der Waals surface area (Å²) < 4.78 is 2.16. The predicted molar refractivity (Wildman–Crippen MR) is 87.0 cm³/mol. The Hall–Kier alpha value is -2.09. The van der Waals surface area contributed by atoms with Crippen molar-refractivity contribution in [2.45, 2.75) is 0 Å². The molecule has 0 aliphatic heterocycles. The molecule has 0 N–H and O–H groups in total. The summed E-state index contributed by atoms with van der Waals surface area (Å²) in [6.07, 6.45) is 4.46. The molecule has 4 aromatic rings. The number of aromatic nitrogens is 3. The third-order valence-electron chi connectivity index (χ3n) is 3.82. The van der Waals surface area contributed by atoms with Crippen LogP contribution in [0.1, 0.15) is 10.5 Å². The van der Waals surface area contributed by atoms with Gasteiger partial charge < -0.3 is 0 Å². The third kappa shape index (κ3) is 2.06. The summed E-state index contributed by atoms with van der Waals surface area (Å²) in [5.74, 6) is 0. The van der Waals surface area contributed by atoms with Crippen molar-refractivity contribution in [1.82, 2.24) is 12.3 Å². The molecule has 0 saturated heterocycles. The molecule has 0 radical (unpaired) electrons. The van der Waals surface area contributed by atoms with E-state index in [1.54, 1.807) is 6.20 Å². The molecule has 22 heavy (non-hydrogen) atoms. The van der Waals surface area contributed by atoms with E-state index >= 15 is 0 Å². The molecule has 0 bridgehead atoms. The van der Waals surface area contributed by atoms with Crippen molar-refractivity contribution in [2.75, 3.05) is 0 Å². The second kappa shape index (κ2) is 5.28. The number of carbonyl (C=O) groups excluding carboxylic acids is 1.